The third-order valence-corrected chi connectivity index (χ3v) is 11.1. The van der Waals surface area contributed by atoms with E-state index in [1.165, 1.54) is 16.7 Å². The summed E-state index contributed by atoms with van der Waals surface area (Å²) in [6.45, 7) is 0. The summed E-state index contributed by atoms with van der Waals surface area (Å²) in [6, 6.07) is 63.6. The van der Waals surface area contributed by atoms with E-state index in [1.54, 1.807) is 0 Å². The quantitative estimate of drug-likeness (QED) is 0.177. The molecule has 0 amide bonds. The molecule has 1 aliphatic heterocycles. The molecule has 7 aromatic carbocycles. The Balaban J connectivity index is 1.13. The number of hydrogen-bond acceptors (Lipinski definition) is 5. The molecule has 0 bridgehead atoms. The van der Waals surface area contributed by atoms with Crippen molar-refractivity contribution in [2.75, 3.05) is 0 Å². The Morgan fingerprint density at radius 1 is 0.321 bits per heavy atom. The molecule has 0 fully saturated rings. The normalized spacial score (nSPS) is 12.9. The minimum atomic E-state index is -0.592. The standard InChI is InChI=1S/C51H32N4O/c1-3-11-33(12-4-1)34-19-21-37(22-20-34)49-53-48(36-13-5-2-6-14-36)54-50(55-49)39-24-26-43-41(32-39)40-31-38(35-27-29-52-30-28-35)23-25-42(40)51(43)44-15-7-9-17-46(44)56-47-18-10-8-16-45(47)51/h1-32H. The van der Waals surface area contributed by atoms with Gasteiger partial charge < -0.3 is 4.74 Å². The fourth-order valence-corrected chi connectivity index (χ4v) is 8.56. The lowest BCUT2D eigenvalue weighted by Gasteiger charge is -2.39. The third-order valence-electron chi connectivity index (χ3n) is 11.1. The summed E-state index contributed by atoms with van der Waals surface area (Å²) in [5.74, 6) is 3.59. The van der Waals surface area contributed by atoms with Crippen LogP contribution in [0.4, 0.5) is 0 Å². The van der Waals surface area contributed by atoms with Crippen LogP contribution in [0, 0.1) is 0 Å². The molecule has 0 saturated heterocycles. The molecule has 0 saturated carbocycles. The molecular weight excluding hydrogens is 685 g/mol. The number of benzene rings is 7. The first kappa shape index (κ1) is 32.0. The fourth-order valence-electron chi connectivity index (χ4n) is 8.56. The molecule has 5 nitrogen and oxygen atoms in total. The Morgan fingerprint density at radius 2 is 0.732 bits per heavy atom. The molecule has 2 aromatic heterocycles. The Morgan fingerprint density at radius 3 is 1.34 bits per heavy atom. The first-order valence-corrected chi connectivity index (χ1v) is 18.8. The van der Waals surface area contributed by atoms with E-state index in [4.69, 9.17) is 19.7 Å². The van der Waals surface area contributed by atoms with E-state index in [0.717, 1.165) is 67.1 Å². The summed E-state index contributed by atoms with van der Waals surface area (Å²) in [7, 11) is 0. The van der Waals surface area contributed by atoms with Crippen LogP contribution in [0.3, 0.4) is 0 Å². The van der Waals surface area contributed by atoms with E-state index < -0.39 is 5.41 Å². The summed E-state index contributed by atoms with van der Waals surface area (Å²) in [5, 5.41) is 0. The Kier molecular flexibility index (Phi) is 7.32. The maximum absolute atomic E-state index is 6.59. The predicted octanol–water partition coefficient (Wildman–Crippen LogP) is 12.1. The first-order valence-electron chi connectivity index (χ1n) is 18.8. The van der Waals surface area contributed by atoms with Crippen LogP contribution >= 0.6 is 0 Å². The van der Waals surface area contributed by atoms with Gasteiger partial charge in [0.2, 0.25) is 0 Å². The van der Waals surface area contributed by atoms with E-state index >= 15 is 0 Å². The number of para-hydroxylation sites is 2. The fraction of sp³-hybridized carbons (Fsp3) is 0.0196. The number of nitrogens with zero attached hydrogens (tertiary/aromatic N) is 4. The van der Waals surface area contributed by atoms with Crippen molar-refractivity contribution in [3.8, 4) is 79.0 Å². The summed E-state index contributed by atoms with van der Waals surface area (Å²) in [6.07, 6.45) is 3.69. The highest BCUT2D eigenvalue weighted by molar-refractivity contribution is 5.92. The molecule has 0 unspecified atom stereocenters. The number of pyridine rings is 1. The average Bonchev–Trinajstić information content (AvgIpc) is 3.56. The van der Waals surface area contributed by atoms with Crippen molar-refractivity contribution in [3.63, 3.8) is 0 Å². The van der Waals surface area contributed by atoms with E-state index in [1.807, 2.05) is 60.9 Å². The largest absolute Gasteiger partial charge is 0.457 e. The summed E-state index contributed by atoms with van der Waals surface area (Å²) in [4.78, 5) is 19.6. The topological polar surface area (TPSA) is 60.8 Å². The van der Waals surface area contributed by atoms with Crippen LogP contribution < -0.4 is 4.74 Å². The van der Waals surface area contributed by atoms with Crippen LogP contribution in [0.1, 0.15) is 22.3 Å². The molecule has 5 heteroatoms. The summed E-state index contributed by atoms with van der Waals surface area (Å²) >= 11 is 0. The zero-order valence-corrected chi connectivity index (χ0v) is 30.2. The summed E-state index contributed by atoms with van der Waals surface area (Å²) in [5.41, 5.74) is 13.7. The van der Waals surface area contributed by atoms with Gasteiger partial charge in [0, 0.05) is 40.2 Å². The smallest absolute Gasteiger partial charge is 0.164 e. The molecule has 11 rings (SSSR count). The zero-order valence-electron chi connectivity index (χ0n) is 30.2. The van der Waals surface area contributed by atoms with Crippen LogP contribution in [-0.4, -0.2) is 19.9 Å². The molecule has 1 aliphatic carbocycles. The number of aromatic nitrogens is 4. The maximum atomic E-state index is 6.59. The van der Waals surface area contributed by atoms with Crippen LogP contribution in [-0.2, 0) is 5.41 Å². The van der Waals surface area contributed by atoms with Crippen molar-refractivity contribution in [2.24, 2.45) is 0 Å². The number of hydrogen-bond donors (Lipinski definition) is 0. The first-order chi connectivity index (χ1) is 27.7. The van der Waals surface area contributed by atoms with Crippen molar-refractivity contribution in [2.45, 2.75) is 5.41 Å². The molecule has 1 spiro atoms. The third kappa shape index (κ3) is 5.02. The van der Waals surface area contributed by atoms with E-state index in [2.05, 4.69) is 138 Å². The number of rotatable bonds is 5. The molecule has 0 radical (unpaired) electrons. The van der Waals surface area contributed by atoms with Crippen LogP contribution in [0.2, 0.25) is 0 Å². The average molecular weight is 717 g/mol. The van der Waals surface area contributed by atoms with Gasteiger partial charge in [-0.25, -0.2) is 15.0 Å². The van der Waals surface area contributed by atoms with Gasteiger partial charge in [0.15, 0.2) is 17.5 Å². The number of fused-ring (bicyclic) bond motifs is 9. The van der Waals surface area contributed by atoms with Crippen LogP contribution in [0.5, 0.6) is 11.5 Å². The van der Waals surface area contributed by atoms with Gasteiger partial charge in [-0.3, -0.25) is 4.98 Å². The van der Waals surface area contributed by atoms with Gasteiger partial charge >= 0.3 is 0 Å². The predicted molar refractivity (Wildman–Crippen MR) is 222 cm³/mol. The van der Waals surface area contributed by atoms with Crippen molar-refractivity contribution in [3.05, 3.63) is 217 Å². The second-order valence-corrected chi connectivity index (χ2v) is 14.2. The van der Waals surface area contributed by atoms with Crippen molar-refractivity contribution in [1.29, 1.82) is 0 Å². The Hall–Kier alpha value is -7.50. The number of ether oxygens (including phenoxy) is 1. The van der Waals surface area contributed by atoms with E-state index in [9.17, 15) is 0 Å². The van der Waals surface area contributed by atoms with Crippen molar-refractivity contribution in [1.82, 2.24) is 19.9 Å². The van der Waals surface area contributed by atoms with E-state index in [0.29, 0.717) is 17.5 Å². The van der Waals surface area contributed by atoms with E-state index in [-0.39, 0.29) is 0 Å². The second-order valence-electron chi connectivity index (χ2n) is 14.2. The highest BCUT2D eigenvalue weighted by atomic mass is 16.5. The van der Waals surface area contributed by atoms with Gasteiger partial charge in [-0.15, -0.1) is 0 Å². The van der Waals surface area contributed by atoms with Gasteiger partial charge in [0.25, 0.3) is 0 Å². The Labute approximate surface area is 324 Å². The van der Waals surface area contributed by atoms with Crippen molar-refractivity contribution < 1.29 is 4.74 Å². The molecule has 2 aliphatic rings. The van der Waals surface area contributed by atoms with Crippen molar-refractivity contribution >= 4 is 0 Å². The summed E-state index contributed by atoms with van der Waals surface area (Å²) < 4.78 is 6.59. The highest BCUT2D eigenvalue weighted by Gasteiger charge is 2.51. The minimum Gasteiger partial charge on any atom is -0.457 e. The maximum Gasteiger partial charge on any atom is 0.164 e. The molecule has 3 heterocycles. The highest BCUT2D eigenvalue weighted by Crippen LogP contribution is 2.62. The molecule has 9 aromatic rings. The van der Waals surface area contributed by atoms with Gasteiger partial charge in [-0.05, 0) is 80.9 Å². The second kappa shape index (κ2) is 12.8. The van der Waals surface area contributed by atoms with Crippen LogP contribution in [0.15, 0.2) is 194 Å². The molecular formula is C51H32N4O. The SMILES string of the molecule is c1ccc(-c2ccc(-c3nc(-c4ccccc4)nc(-c4ccc5c(c4)-c4cc(-c6ccncc6)ccc4C54c5ccccc5Oc5ccccc54)n3)cc2)cc1. The van der Waals surface area contributed by atoms with Gasteiger partial charge in [-0.2, -0.15) is 0 Å². The molecule has 0 atom stereocenters. The lowest BCUT2D eigenvalue weighted by molar-refractivity contribution is 0.436. The van der Waals surface area contributed by atoms with Gasteiger partial charge in [0.05, 0.1) is 5.41 Å². The Bertz CT molecular complexity index is 2880. The lowest BCUT2D eigenvalue weighted by Crippen LogP contribution is -2.32. The van der Waals surface area contributed by atoms with Gasteiger partial charge in [0.1, 0.15) is 11.5 Å². The molecule has 262 valence electrons. The van der Waals surface area contributed by atoms with Crippen LogP contribution in [0.25, 0.3) is 67.5 Å². The van der Waals surface area contributed by atoms with Gasteiger partial charge in [-0.1, -0.05) is 146 Å². The minimum absolute atomic E-state index is 0.592. The monoisotopic (exact) mass is 716 g/mol. The lowest BCUT2D eigenvalue weighted by atomic mass is 9.66. The molecule has 56 heavy (non-hydrogen) atoms. The zero-order chi connectivity index (χ0) is 37.1. The molecule has 0 N–H and O–H groups in total.